The summed E-state index contributed by atoms with van der Waals surface area (Å²) in [4.78, 5) is 11.2. The molecule has 15 heavy (non-hydrogen) atoms. The van der Waals surface area contributed by atoms with Gasteiger partial charge in [-0.2, -0.15) is 0 Å². The van der Waals surface area contributed by atoms with Crippen LogP contribution in [-0.4, -0.2) is 5.91 Å². The number of nitrogens with two attached hydrogens (primary N) is 1. The number of rotatable bonds is 2. The maximum atomic E-state index is 11.2. The van der Waals surface area contributed by atoms with Crippen LogP contribution >= 0.6 is 0 Å². The maximum Gasteiger partial charge on any atom is 0.220 e. The number of hydrogen-bond donors (Lipinski definition) is 1. The molecule has 2 nitrogen and oxygen atoms in total. The topological polar surface area (TPSA) is 43.1 Å². The fourth-order valence-corrected chi connectivity index (χ4v) is 3.52. The Kier molecular flexibility index (Phi) is 3.18. The van der Waals surface area contributed by atoms with Gasteiger partial charge in [0.15, 0.2) is 0 Å². The summed E-state index contributed by atoms with van der Waals surface area (Å²) in [5, 5.41) is 0. The fourth-order valence-electron chi connectivity index (χ4n) is 3.52. The Morgan fingerprint density at radius 1 is 1.20 bits per heavy atom. The van der Waals surface area contributed by atoms with E-state index in [-0.39, 0.29) is 11.8 Å². The molecule has 1 fully saturated rings. The van der Waals surface area contributed by atoms with Gasteiger partial charge in [0.1, 0.15) is 0 Å². The maximum absolute atomic E-state index is 11.2. The first-order valence-electron chi connectivity index (χ1n) is 5.92. The molecule has 88 valence electrons. The molecule has 1 aliphatic carbocycles. The summed E-state index contributed by atoms with van der Waals surface area (Å²) in [6, 6.07) is 0. The highest BCUT2D eigenvalue weighted by Gasteiger charge is 2.41. The summed E-state index contributed by atoms with van der Waals surface area (Å²) in [6.45, 7) is 11.2. The third-order valence-electron chi connectivity index (χ3n) is 3.74. The summed E-state index contributed by atoms with van der Waals surface area (Å²) < 4.78 is 0. The lowest BCUT2D eigenvalue weighted by atomic mass is 9.59. The highest BCUT2D eigenvalue weighted by Crippen LogP contribution is 2.50. The van der Waals surface area contributed by atoms with Crippen molar-refractivity contribution < 1.29 is 4.79 Å². The van der Waals surface area contributed by atoms with E-state index in [1.54, 1.807) is 0 Å². The van der Waals surface area contributed by atoms with Crippen LogP contribution in [0.25, 0.3) is 0 Å². The van der Waals surface area contributed by atoms with E-state index in [1.165, 1.54) is 6.42 Å². The largest absolute Gasteiger partial charge is 0.369 e. The zero-order valence-electron chi connectivity index (χ0n) is 10.8. The van der Waals surface area contributed by atoms with Crippen LogP contribution in [0.3, 0.4) is 0 Å². The first kappa shape index (κ1) is 12.5. The number of carbonyl (C=O) groups excluding carboxylic acids is 1. The first-order chi connectivity index (χ1) is 6.63. The third kappa shape index (κ3) is 3.22. The highest BCUT2D eigenvalue weighted by atomic mass is 16.1. The molecule has 0 aromatic carbocycles. The molecular weight excluding hydrogens is 186 g/mol. The Labute approximate surface area is 93.6 Å². The molecule has 0 bridgehead atoms. The second-order valence-electron chi connectivity index (χ2n) is 6.86. The Morgan fingerprint density at radius 2 is 1.60 bits per heavy atom. The van der Waals surface area contributed by atoms with E-state index >= 15 is 0 Å². The predicted molar refractivity (Wildman–Crippen MR) is 63.3 cm³/mol. The predicted octanol–water partition coefficient (Wildman–Crippen LogP) is 2.96. The van der Waals surface area contributed by atoms with Crippen LogP contribution in [0.5, 0.6) is 0 Å². The quantitative estimate of drug-likeness (QED) is 0.749. The van der Waals surface area contributed by atoms with Gasteiger partial charge in [-0.15, -0.1) is 0 Å². The second kappa shape index (κ2) is 3.80. The molecule has 1 amide bonds. The van der Waals surface area contributed by atoms with Gasteiger partial charge in [0.25, 0.3) is 0 Å². The first-order valence-corrected chi connectivity index (χ1v) is 5.92. The summed E-state index contributed by atoms with van der Waals surface area (Å²) in [6.07, 6.45) is 3.49. The minimum Gasteiger partial charge on any atom is -0.369 e. The molecule has 1 rings (SSSR count). The van der Waals surface area contributed by atoms with E-state index in [4.69, 9.17) is 5.73 Å². The van der Waals surface area contributed by atoms with E-state index in [1.807, 2.05) is 6.92 Å². The van der Waals surface area contributed by atoms with Crippen LogP contribution in [0, 0.1) is 22.7 Å². The normalized spacial score (nSPS) is 27.3. The molecule has 0 aromatic rings. The van der Waals surface area contributed by atoms with Crippen molar-refractivity contribution in [3.05, 3.63) is 0 Å². The lowest BCUT2D eigenvalue weighted by Crippen LogP contribution is -2.39. The van der Waals surface area contributed by atoms with Gasteiger partial charge in [-0.05, 0) is 36.0 Å². The molecule has 0 spiro atoms. The van der Waals surface area contributed by atoms with Crippen LogP contribution in [0.2, 0.25) is 0 Å². The van der Waals surface area contributed by atoms with Gasteiger partial charge in [0.05, 0.1) is 0 Å². The van der Waals surface area contributed by atoms with Gasteiger partial charge in [-0.3, -0.25) is 4.79 Å². The summed E-state index contributed by atoms with van der Waals surface area (Å²) in [5.41, 5.74) is 6.09. The van der Waals surface area contributed by atoms with Gasteiger partial charge >= 0.3 is 0 Å². The van der Waals surface area contributed by atoms with Crippen LogP contribution in [0.1, 0.15) is 53.9 Å². The van der Waals surface area contributed by atoms with E-state index in [9.17, 15) is 4.79 Å². The molecular formula is C13H25NO. The van der Waals surface area contributed by atoms with Crippen LogP contribution in [0.15, 0.2) is 0 Å². The van der Waals surface area contributed by atoms with Gasteiger partial charge in [0.2, 0.25) is 5.91 Å². The van der Waals surface area contributed by atoms with Crippen molar-refractivity contribution in [3.63, 3.8) is 0 Å². The van der Waals surface area contributed by atoms with Gasteiger partial charge in [-0.25, -0.2) is 0 Å². The lowest BCUT2D eigenvalue weighted by Gasteiger charge is -2.46. The number of hydrogen-bond acceptors (Lipinski definition) is 1. The number of primary amides is 1. The van der Waals surface area contributed by atoms with Gasteiger partial charge in [-0.1, -0.05) is 34.6 Å². The zero-order chi connectivity index (χ0) is 11.9. The molecule has 2 heteroatoms. The lowest BCUT2D eigenvalue weighted by molar-refractivity contribution is -0.124. The molecule has 1 atom stereocenters. The van der Waals surface area contributed by atoms with Crippen molar-refractivity contribution in [2.75, 3.05) is 0 Å². The standard InChI is InChI=1S/C13H25NO/c1-9(11(14)15)10-6-12(2,3)8-13(4,5)7-10/h9-10H,6-8H2,1-5H3,(H2,14,15). The fraction of sp³-hybridized carbons (Fsp3) is 0.923. The molecule has 0 aliphatic heterocycles. The van der Waals surface area contributed by atoms with Crippen molar-refractivity contribution in [1.82, 2.24) is 0 Å². The van der Waals surface area contributed by atoms with E-state index < -0.39 is 0 Å². The molecule has 1 saturated carbocycles. The number of amides is 1. The Hall–Kier alpha value is -0.530. The van der Waals surface area contributed by atoms with Crippen LogP contribution < -0.4 is 5.73 Å². The molecule has 2 N–H and O–H groups in total. The summed E-state index contributed by atoms with van der Waals surface area (Å²) in [5.74, 6) is 0.332. The second-order valence-corrected chi connectivity index (χ2v) is 6.86. The number of carbonyl (C=O) groups is 1. The monoisotopic (exact) mass is 211 g/mol. The zero-order valence-corrected chi connectivity index (χ0v) is 10.8. The Bertz CT molecular complexity index is 239. The van der Waals surface area contributed by atoms with E-state index in [0.29, 0.717) is 16.7 Å². The molecule has 1 aliphatic rings. The van der Waals surface area contributed by atoms with E-state index in [2.05, 4.69) is 27.7 Å². The Balaban J connectivity index is 2.79. The van der Waals surface area contributed by atoms with Crippen molar-refractivity contribution in [1.29, 1.82) is 0 Å². The van der Waals surface area contributed by atoms with Gasteiger partial charge in [0, 0.05) is 5.92 Å². The Morgan fingerprint density at radius 3 is 1.93 bits per heavy atom. The highest BCUT2D eigenvalue weighted by molar-refractivity contribution is 5.76. The SMILES string of the molecule is CC(C(N)=O)C1CC(C)(C)CC(C)(C)C1. The minimum absolute atomic E-state index is 0.0175. The molecule has 0 radical (unpaired) electrons. The third-order valence-corrected chi connectivity index (χ3v) is 3.74. The average Bonchev–Trinajstić information content (AvgIpc) is 1.96. The average molecular weight is 211 g/mol. The summed E-state index contributed by atoms with van der Waals surface area (Å²) in [7, 11) is 0. The molecule has 1 unspecified atom stereocenters. The van der Waals surface area contributed by atoms with Crippen molar-refractivity contribution in [2.24, 2.45) is 28.4 Å². The van der Waals surface area contributed by atoms with Crippen molar-refractivity contribution >= 4 is 5.91 Å². The van der Waals surface area contributed by atoms with Crippen molar-refractivity contribution in [2.45, 2.75) is 53.9 Å². The van der Waals surface area contributed by atoms with Gasteiger partial charge < -0.3 is 5.73 Å². The molecule has 0 saturated heterocycles. The van der Waals surface area contributed by atoms with E-state index in [0.717, 1.165) is 12.8 Å². The van der Waals surface area contributed by atoms with Crippen LogP contribution in [0.4, 0.5) is 0 Å². The molecule has 0 heterocycles. The van der Waals surface area contributed by atoms with Crippen molar-refractivity contribution in [3.8, 4) is 0 Å². The minimum atomic E-state index is -0.145. The summed E-state index contributed by atoms with van der Waals surface area (Å²) >= 11 is 0. The smallest absolute Gasteiger partial charge is 0.220 e. The molecule has 0 aromatic heterocycles. The van der Waals surface area contributed by atoms with Crippen LogP contribution in [-0.2, 0) is 4.79 Å².